The normalized spacial score (nSPS) is 19.5. The molecule has 0 aromatic rings. The lowest BCUT2D eigenvalue weighted by atomic mass is 9.77. The number of hydrogen-bond donors (Lipinski definition) is 3. The number of hydrogen-bond acceptors (Lipinski definition) is 5. The van der Waals surface area contributed by atoms with Gasteiger partial charge in [0.25, 0.3) is 0 Å². The van der Waals surface area contributed by atoms with E-state index in [-0.39, 0.29) is 25.2 Å². The van der Waals surface area contributed by atoms with E-state index in [0.29, 0.717) is 19.3 Å². The first kappa shape index (κ1) is 22.4. The fourth-order valence-corrected chi connectivity index (χ4v) is 3.43. The van der Waals surface area contributed by atoms with E-state index in [1.165, 1.54) is 6.92 Å². The molecule has 0 aromatic carbocycles. The third-order valence-electron chi connectivity index (χ3n) is 4.33. The van der Waals surface area contributed by atoms with E-state index in [1.807, 2.05) is 20.8 Å². The van der Waals surface area contributed by atoms with Gasteiger partial charge >= 0.3 is 5.97 Å². The molecule has 0 fully saturated rings. The molecular formula is C18H36O5. The summed E-state index contributed by atoms with van der Waals surface area (Å²) in [6.07, 6.45) is 2.91. The van der Waals surface area contributed by atoms with E-state index < -0.39 is 23.4 Å². The van der Waals surface area contributed by atoms with E-state index >= 15 is 0 Å². The predicted molar refractivity (Wildman–Crippen MR) is 91.1 cm³/mol. The molecule has 0 heterocycles. The Morgan fingerprint density at radius 1 is 1.09 bits per heavy atom. The second-order valence-electron chi connectivity index (χ2n) is 6.99. The molecule has 0 aliphatic carbocycles. The van der Waals surface area contributed by atoms with Gasteiger partial charge in [-0.3, -0.25) is 4.79 Å². The highest BCUT2D eigenvalue weighted by Gasteiger charge is 2.38. The Morgan fingerprint density at radius 2 is 1.61 bits per heavy atom. The van der Waals surface area contributed by atoms with Crippen LogP contribution in [0.25, 0.3) is 0 Å². The van der Waals surface area contributed by atoms with Gasteiger partial charge in [0.15, 0.2) is 0 Å². The van der Waals surface area contributed by atoms with Gasteiger partial charge < -0.3 is 20.1 Å². The summed E-state index contributed by atoms with van der Waals surface area (Å²) in [6.45, 7) is 8.96. The SMILES string of the molecule is CCCC(O)(CC)CC(O)(CCC)CC(O)CC(C)OC(C)=O. The molecule has 23 heavy (non-hydrogen) atoms. The van der Waals surface area contributed by atoms with Crippen LogP contribution in [0, 0.1) is 0 Å². The summed E-state index contributed by atoms with van der Waals surface area (Å²) in [6, 6.07) is 0. The van der Waals surface area contributed by atoms with Gasteiger partial charge in [0.1, 0.15) is 6.10 Å². The number of aliphatic hydroxyl groups is 3. The zero-order valence-corrected chi connectivity index (χ0v) is 15.5. The highest BCUT2D eigenvalue weighted by atomic mass is 16.5. The summed E-state index contributed by atoms with van der Waals surface area (Å²) < 4.78 is 5.03. The molecule has 4 unspecified atom stereocenters. The van der Waals surface area contributed by atoms with E-state index in [9.17, 15) is 20.1 Å². The van der Waals surface area contributed by atoms with Crippen molar-refractivity contribution < 1.29 is 24.9 Å². The number of aliphatic hydroxyl groups excluding tert-OH is 1. The van der Waals surface area contributed by atoms with Gasteiger partial charge in [-0.1, -0.05) is 33.6 Å². The van der Waals surface area contributed by atoms with Crippen LogP contribution in [0.4, 0.5) is 0 Å². The summed E-state index contributed by atoms with van der Waals surface area (Å²) >= 11 is 0. The average molecular weight is 332 g/mol. The second kappa shape index (κ2) is 10.3. The first-order valence-electron chi connectivity index (χ1n) is 8.89. The quantitative estimate of drug-likeness (QED) is 0.478. The van der Waals surface area contributed by atoms with Crippen molar-refractivity contribution in [2.75, 3.05) is 0 Å². The molecule has 5 nitrogen and oxygen atoms in total. The molecule has 0 spiro atoms. The molecule has 0 aromatic heterocycles. The molecule has 5 heteroatoms. The van der Waals surface area contributed by atoms with Gasteiger partial charge in [-0.25, -0.2) is 0 Å². The zero-order chi connectivity index (χ0) is 18.1. The Balaban J connectivity index is 4.83. The Morgan fingerprint density at radius 3 is 2.04 bits per heavy atom. The molecule has 0 aliphatic rings. The molecule has 0 amide bonds. The Hall–Kier alpha value is -0.650. The van der Waals surface area contributed by atoms with Crippen LogP contribution in [-0.4, -0.2) is 44.7 Å². The molecule has 0 radical (unpaired) electrons. The fourth-order valence-electron chi connectivity index (χ4n) is 3.43. The molecule has 4 atom stereocenters. The minimum absolute atomic E-state index is 0.179. The highest BCUT2D eigenvalue weighted by Crippen LogP contribution is 2.34. The number of rotatable bonds is 12. The van der Waals surface area contributed by atoms with Crippen molar-refractivity contribution in [2.45, 2.75) is 109 Å². The van der Waals surface area contributed by atoms with Crippen molar-refractivity contribution in [3.8, 4) is 0 Å². The predicted octanol–water partition coefficient (Wildman–Crippen LogP) is 2.94. The van der Waals surface area contributed by atoms with Crippen LogP contribution in [-0.2, 0) is 9.53 Å². The molecule has 0 bridgehead atoms. The summed E-state index contributed by atoms with van der Waals surface area (Å²) in [5.41, 5.74) is -2.01. The lowest BCUT2D eigenvalue weighted by Crippen LogP contribution is -2.43. The van der Waals surface area contributed by atoms with Crippen molar-refractivity contribution >= 4 is 5.97 Å². The van der Waals surface area contributed by atoms with E-state index in [2.05, 4.69) is 0 Å². The standard InChI is InChI=1S/C18H36O5/c1-6-9-17(21,8-3)13-18(22,10-7-2)12-16(20)11-14(4)23-15(5)19/h14,16,20-22H,6-13H2,1-5H3. The van der Waals surface area contributed by atoms with Crippen molar-refractivity contribution in [1.29, 1.82) is 0 Å². The highest BCUT2D eigenvalue weighted by molar-refractivity contribution is 5.66. The van der Waals surface area contributed by atoms with Gasteiger partial charge in [-0.2, -0.15) is 0 Å². The van der Waals surface area contributed by atoms with Crippen molar-refractivity contribution in [2.24, 2.45) is 0 Å². The molecule has 3 N–H and O–H groups in total. The Kier molecular flexibility index (Phi) is 9.97. The van der Waals surface area contributed by atoms with Crippen LogP contribution < -0.4 is 0 Å². The maximum absolute atomic E-state index is 10.9. The number of carbonyl (C=O) groups excluding carboxylic acids is 1. The smallest absolute Gasteiger partial charge is 0.302 e. The fraction of sp³-hybridized carbons (Fsp3) is 0.944. The largest absolute Gasteiger partial charge is 0.463 e. The first-order valence-corrected chi connectivity index (χ1v) is 8.89. The van der Waals surface area contributed by atoms with Gasteiger partial charge in [-0.15, -0.1) is 0 Å². The van der Waals surface area contributed by atoms with E-state index in [1.54, 1.807) is 6.92 Å². The van der Waals surface area contributed by atoms with Crippen LogP contribution in [0.3, 0.4) is 0 Å². The monoisotopic (exact) mass is 332 g/mol. The van der Waals surface area contributed by atoms with Gasteiger partial charge in [0.05, 0.1) is 17.3 Å². The number of carbonyl (C=O) groups is 1. The average Bonchev–Trinajstić information content (AvgIpc) is 2.36. The summed E-state index contributed by atoms with van der Waals surface area (Å²) in [5.74, 6) is -0.378. The third-order valence-corrected chi connectivity index (χ3v) is 4.33. The molecular weight excluding hydrogens is 296 g/mol. The van der Waals surface area contributed by atoms with E-state index in [4.69, 9.17) is 4.74 Å². The van der Waals surface area contributed by atoms with Crippen LogP contribution in [0.5, 0.6) is 0 Å². The van der Waals surface area contributed by atoms with Gasteiger partial charge in [0.2, 0.25) is 0 Å². The lowest BCUT2D eigenvalue weighted by Gasteiger charge is -2.38. The van der Waals surface area contributed by atoms with Crippen molar-refractivity contribution in [1.82, 2.24) is 0 Å². The summed E-state index contributed by atoms with van der Waals surface area (Å²) in [7, 11) is 0. The van der Waals surface area contributed by atoms with Gasteiger partial charge in [0, 0.05) is 26.2 Å². The number of esters is 1. The van der Waals surface area contributed by atoms with Crippen LogP contribution in [0.1, 0.15) is 86.0 Å². The molecule has 138 valence electrons. The first-order chi connectivity index (χ1) is 10.6. The minimum atomic E-state index is -1.11. The number of ether oxygens (including phenoxy) is 1. The maximum atomic E-state index is 10.9. The molecule has 0 saturated carbocycles. The molecule has 0 rings (SSSR count). The topological polar surface area (TPSA) is 87.0 Å². The van der Waals surface area contributed by atoms with Gasteiger partial charge in [-0.05, 0) is 26.2 Å². The van der Waals surface area contributed by atoms with Crippen LogP contribution in [0.15, 0.2) is 0 Å². The maximum Gasteiger partial charge on any atom is 0.302 e. The minimum Gasteiger partial charge on any atom is -0.463 e. The lowest BCUT2D eigenvalue weighted by molar-refractivity contribution is -0.147. The van der Waals surface area contributed by atoms with Crippen molar-refractivity contribution in [3.63, 3.8) is 0 Å². The second-order valence-corrected chi connectivity index (χ2v) is 6.99. The van der Waals surface area contributed by atoms with E-state index in [0.717, 1.165) is 12.8 Å². The molecule has 0 saturated heterocycles. The summed E-state index contributed by atoms with van der Waals surface area (Å²) in [4.78, 5) is 10.9. The molecule has 0 aliphatic heterocycles. The van der Waals surface area contributed by atoms with Crippen LogP contribution in [0.2, 0.25) is 0 Å². The Bertz CT molecular complexity index is 346. The summed E-state index contributed by atoms with van der Waals surface area (Å²) in [5, 5.41) is 31.9. The Labute approximate surface area is 141 Å². The van der Waals surface area contributed by atoms with Crippen LogP contribution >= 0.6 is 0 Å². The zero-order valence-electron chi connectivity index (χ0n) is 15.5. The third kappa shape index (κ3) is 9.28. The van der Waals surface area contributed by atoms with Crippen molar-refractivity contribution in [3.05, 3.63) is 0 Å².